The van der Waals surface area contributed by atoms with Gasteiger partial charge in [-0.15, -0.1) is 11.3 Å². The minimum atomic E-state index is 0.304. The zero-order chi connectivity index (χ0) is 13.0. The highest BCUT2D eigenvalue weighted by Gasteiger charge is 2.12. The van der Waals surface area contributed by atoms with Gasteiger partial charge in [0, 0.05) is 10.3 Å². The highest BCUT2D eigenvalue weighted by molar-refractivity contribution is 9.09. The molecule has 0 saturated heterocycles. The number of rotatable bonds is 5. The second-order valence-electron chi connectivity index (χ2n) is 3.91. The maximum absolute atomic E-state index is 5.23. The van der Waals surface area contributed by atoms with E-state index in [0.717, 1.165) is 17.9 Å². The Balaban J connectivity index is 2.08. The minimum absolute atomic E-state index is 0.304. The van der Waals surface area contributed by atoms with Crippen molar-refractivity contribution in [1.29, 1.82) is 0 Å². The molecule has 0 amide bonds. The average molecular weight is 327 g/mol. The molecule has 0 bridgehead atoms. The number of halogens is 1. The van der Waals surface area contributed by atoms with Crippen LogP contribution in [-0.2, 0) is 6.42 Å². The molecule has 2 nitrogen and oxygen atoms in total. The maximum Gasteiger partial charge on any atom is 0.129 e. The first-order chi connectivity index (χ1) is 8.72. The monoisotopic (exact) mass is 326 g/mol. The summed E-state index contributed by atoms with van der Waals surface area (Å²) in [6.07, 6.45) is 0.931. The lowest BCUT2D eigenvalue weighted by atomic mass is 10.1. The molecule has 2 rings (SSSR count). The fourth-order valence-electron chi connectivity index (χ4n) is 1.71. The van der Waals surface area contributed by atoms with E-state index in [4.69, 9.17) is 9.47 Å². The van der Waals surface area contributed by atoms with Crippen molar-refractivity contribution in [3.63, 3.8) is 0 Å². The molecule has 18 heavy (non-hydrogen) atoms. The molecular weight excluding hydrogens is 312 g/mol. The summed E-state index contributed by atoms with van der Waals surface area (Å²) in [6, 6.07) is 10.2. The number of hydrogen-bond donors (Lipinski definition) is 0. The Morgan fingerprint density at radius 2 is 1.94 bits per heavy atom. The van der Waals surface area contributed by atoms with Crippen molar-refractivity contribution in [2.75, 3.05) is 14.2 Å². The Bertz CT molecular complexity index is 510. The van der Waals surface area contributed by atoms with E-state index >= 15 is 0 Å². The second kappa shape index (κ2) is 6.25. The number of thiophene rings is 1. The van der Waals surface area contributed by atoms with Crippen molar-refractivity contribution >= 4 is 27.3 Å². The van der Waals surface area contributed by atoms with Crippen molar-refractivity contribution in [1.82, 2.24) is 0 Å². The molecule has 1 unspecified atom stereocenters. The summed E-state index contributed by atoms with van der Waals surface area (Å²) in [7, 11) is 3.38. The summed E-state index contributed by atoms with van der Waals surface area (Å²) in [5.41, 5.74) is 1.25. The molecule has 0 aliphatic rings. The van der Waals surface area contributed by atoms with Gasteiger partial charge in [0.15, 0.2) is 0 Å². The molecule has 0 radical (unpaired) electrons. The van der Waals surface area contributed by atoms with Gasteiger partial charge < -0.3 is 9.47 Å². The number of benzene rings is 1. The lowest BCUT2D eigenvalue weighted by Gasteiger charge is -2.08. The van der Waals surface area contributed by atoms with Gasteiger partial charge in [-0.25, -0.2) is 0 Å². The van der Waals surface area contributed by atoms with Gasteiger partial charge in [0.2, 0.25) is 0 Å². The van der Waals surface area contributed by atoms with Gasteiger partial charge in [-0.05, 0) is 30.2 Å². The Kier molecular flexibility index (Phi) is 4.66. The molecule has 1 aromatic carbocycles. The van der Waals surface area contributed by atoms with Crippen LogP contribution in [0.5, 0.6) is 11.5 Å². The molecule has 2 aromatic rings. The summed E-state index contributed by atoms with van der Waals surface area (Å²) in [5.74, 6) is 1.82. The summed E-state index contributed by atoms with van der Waals surface area (Å²) in [6.45, 7) is 0. The first-order valence-corrected chi connectivity index (χ1v) is 7.42. The van der Waals surface area contributed by atoms with Crippen LogP contribution in [-0.4, -0.2) is 14.2 Å². The molecule has 0 aliphatic heterocycles. The van der Waals surface area contributed by atoms with E-state index in [1.54, 1.807) is 25.6 Å². The Hall–Kier alpha value is -1.00. The molecule has 96 valence electrons. The summed E-state index contributed by atoms with van der Waals surface area (Å²) in [5, 5.41) is 2.02. The predicted octanol–water partition coefficient (Wildman–Crippen LogP) is 4.44. The summed E-state index contributed by atoms with van der Waals surface area (Å²) in [4.78, 5) is 1.58. The maximum atomic E-state index is 5.23. The largest absolute Gasteiger partial charge is 0.497 e. The molecule has 0 aliphatic carbocycles. The topological polar surface area (TPSA) is 18.5 Å². The van der Waals surface area contributed by atoms with Crippen molar-refractivity contribution in [2.45, 2.75) is 11.2 Å². The molecule has 1 atom stereocenters. The zero-order valence-electron chi connectivity index (χ0n) is 10.4. The molecule has 1 heterocycles. The van der Waals surface area contributed by atoms with Crippen molar-refractivity contribution < 1.29 is 9.47 Å². The van der Waals surface area contributed by atoms with Crippen LogP contribution in [0.25, 0.3) is 0 Å². The van der Waals surface area contributed by atoms with Gasteiger partial charge in [-0.3, -0.25) is 0 Å². The van der Waals surface area contributed by atoms with Gasteiger partial charge >= 0.3 is 0 Å². The smallest absolute Gasteiger partial charge is 0.129 e. The van der Waals surface area contributed by atoms with Gasteiger partial charge in [-0.2, -0.15) is 0 Å². The van der Waals surface area contributed by atoms with E-state index in [0.29, 0.717) is 4.83 Å². The molecular formula is C14H15BrO2S. The third-order valence-corrected chi connectivity index (χ3v) is 4.83. The van der Waals surface area contributed by atoms with E-state index in [-0.39, 0.29) is 0 Å². The zero-order valence-corrected chi connectivity index (χ0v) is 12.8. The highest BCUT2D eigenvalue weighted by atomic mass is 79.9. The van der Waals surface area contributed by atoms with E-state index in [9.17, 15) is 0 Å². The standard InChI is InChI=1S/C14H15BrO2S/c1-16-11-5-3-4-10(6-11)7-13(15)14-8-12(17-2)9-18-14/h3-6,8-9,13H,7H2,1-2H3. The average Bonchev–Trinajstić information content (AvgIpc) is 2.88. The second-order valence-corrected chi connectivity index (χ2v) is 5.96. The quantitative estimate of drug-likeness (QED) is 0.756. The van der Waals surface area contributed by atoms with Crippen LogP contribution in [0, 0.1) is 0 Å². The number of ether oxygens (including phenoxy) is 2. The fraction of sp³-hybridized carbons (Fsp3) is 0.286. The van der Waals surface area contributed by atoms with Crippen LogP contribution < -0.4 is 9.47 Å². The third kappa shape index (κ3) is 3.27. The van der Waals surface area contributed by atoms with Crippen molar-refractivity contribution in [3.8, 4) is 11.5 Å². The van der Waals surface area contributed by atoms with E-state index in [1.807, 2.05) is 17.5 Å². The van der Waals surface area contributed by atoms with Crippen molar-refractivity contribution in [2.24, 2.45) is 0 Å². The van der Waals surface area contributed by atoms with Crippen LogP contribution in [0.1, 0.15) is 15.3 Å². The summed E-state index contributed by atoms with van der Waals surface area (Å²) < 4.78 is 10.4. The Morgan fingerprint density at radius 1 is 1.17 bits per heavy atom. The molecule has 4 heteroatoms. The first-order valence-electron chi connectivity index (χ1n) is 5.62. The fourth-order valence-corrected chi connectivity index (χ4v) is 3.37. The van der Waals surface area contributed by atoms with E-state index in [1.165, 1.54) is 10.4 Å². The van der Waals surface area contributed by atoms with Crippen LogP contribution >= 0.6 is 27.3 Å². The highest BCUT2D eigenvalue weighted by Crippen LogP contribution is 2.34. The van der Waals surface area contributed by atoms with Gasteiger partial charge in [-0.1, -0.05) is 28.1 Å². The molecule has 0 saturated carbocycles. The van der Waals surface area contributed by atoms with Crippen molar-refractivity contribution in [3.05, 3.63) is 46.2 Å². The normalized spacial score (nSPS) is 12.2. The first kappa shape index (κ1) is 13.4. The van der Waals surface area contributed by atoms with Crippen LogP contribution in [0.15, 0.2) is 35.7 Å². The van der Waals surface area contributed by atoms with E-state index in [2.05, 4.69) is 34.1 Å². The minimum Gasteiger partial charge on any atom is -0.497 e. The SMILES string of the molecule is COc1cccc(CC(Br)c2cc(OC)cs2)c1. The lowest BCUT2D eigenvalue weighted by molar-refractivity contribution is 0.414. The van der Waals surface area contributed by atoms with Crippen LogP contribution in [0.4, 0.5) is 0 Å². The Labute approximate surface area is 120 Å². The predicted molar refractivity (Wildman–Crippen MR) is 79.2 cm³/mol. The number of hydrogen-bond acceptors (Lipinski definition) is 3. The van der Waals surface area contributed by atoms with Crippen LogP contribution in [0.2, 0.25) is 0 Å². The van der Waals surface area contributed by atoms with Gasteiger partial charge in [0.25, 0.3) is 0 Å². The molecule has 1 aromatic heterocycles. The van der Waals surface area contributed by atoms with Gasteiger partial charge in [0.05, 0.1) is 19.0 Å². The van der Waals surface area contributed by atoms with E-state index < -0.39 is 0 Å². The Morgan fingerprint density at radius 3 is 2.61 bits per heavy atom. The lowest BCUT2D eigenvalue weighted by Crippen LogP contribution is -1.94. The van der Waals surface area contributed by atoms with Crippen LogP contribution in [0.3, 0.4) is 0 Å². The number of methoxy groups -OCH3 is 2. The molecule has 0 fully saturated rings. The molecule has 0 spiro atoms. The summed E-state index contributed by atoms with van der Waals surface area (Å²) >= 11 is 5.43. The van der Waals surface area contributed by atoms with Gasteiger partial charge in [0.1, 0.15) is 11.5 Å². The third-order valence-electron chi connectivity index (χ3n) is 2.69. The molecule has 0 N–H and O–H groups in total. The number of alkyl halides is 1.